The van der Waals surface area contributed by atoms with E-state index < -0.39 is 0 Å². The van der Waals surface area contributed by atoms with E-state index in [2.05, 4.69) is 10.3 Å². The molecule has 1 aromatic carbocycles. The second kappa shape index (κ2) is 6.59. The van der Waals surface area contributed by atoms with E-state index in [1.807, 2.05) is 31.2 Å². The highest BCUT2D eigenvalue weighted by Gasteiger charge is 2.19. The highest BCUT2D eigenvalue weighted by atomic mass is 35.5. The van der Waals surface area contributed by atoms with Crippen LogP contribution in [0.5, 0.6) is 0 Å². The summed E-state index contributed by atoms with van der Waals surface area (Å²) in [5, 5.41) is 3.59. The number of carbonyl (C=O) groups excluding carboxylic acids is 1. The van der Waals surface area contributed by atoms with Crippen molar-refractivity contribution in [1.29, 1.82) is 0 Å². The first kappa shape index (κ1) is 15.3. The third kappa shape index (κ3) is 3.52. The van der Waals surface area contributed by atoms with Gasteiger partial charge in [-0.05, 0) is 36.8 Å². The maximum atomic E-state index is 12.5. The topological polar surface area (TPSA) is 45.2 Å². The lowest BCUT2D eigenvalue weighted by molar-refractivity contribution is 0.0742. The van der Waals surface area contributed by atoms with E-state index in [0.29, 0.717) is 10.6 Å². The van der Waals surface area contributed by atoms with Gasteiger partial charge >= 0.3 is 0 Å². The maximum absolute atomic E-state index is 12.5. The van der Waals surface area contributed by atoms with Crippen LogP contribution in [0.2, 0.25) is 5.02 Å². The fourth-order valence-electron chi connectivity index (χ4n) is 2.04. The number of nitrogens with one attached hydrogen (secondary N) is 1. The van der Waals surface area contributed by atoms with Gasteiger partial charge in [-0.15, -0.1) is 0 Å². The van der Waals surface area contributed by atoms with Crippen LogP contribution in [0.4, 0.5) is 5.82 Å². The fraction of sp³-hybridized carbons (Fsp3) is 0.250. The van der Waals surface area contributed by atoms with Crippen molar-refractivity contribution in [3.63, 3.8) is 0 Å². The third-order valence-electron chi connectivity index (χ3n) is 3.50. The molecule has 1 heterocycles. The first-order chi connectivity index (χ1) is 10.0. The molecule has 1 amide bonds. The molecule has 110 valence electrons. The molecule has 5 heteroatoms. The van der Waals surface area contributed by atoms with Gasteiger partial charge in [0, 0.05) is 25.3 Å². The monoisotopic (exact) mass is 303 g/mol. The van der Waals surface area contributed by atoms with E-state index in [1.165, 1.54) is 0 Å². The third-order valence-corrected chi connectivity index (χ3v) is 3.73. The van der Waals surface area contributed by atoms with Gasteiger partial charge in [0.05, 0.1) is 11.6 Å². The zero-order chi connectivity index (χ0) is 15.4. The number of nitrogens with zero attached hydrogens (tertiary/aromatic N) is 2. The highest BCUT2D eigenvalue weighted by molar-refractivity contribution is 6.30. The number of benzene rings is 1. The molecule has 0 aliphatic carbocycles. The first-order valence-corrected chi connectivity index (χ1v) is 7.07. The zero-order valence-electron chi connectivity index (χ0n) is 12.3. The summed E-state index contributed by atoms with van der Waals surface area (Å²) >= 11 is 6.00. The molecule has 0 saturated heterocycles. The van der Waals surface area contributed by atoms with Gasteiger partial charge < -0.3 is 10.2 Å². The molecule has 4 nitrogen and oxygen atoms in total. The number of halogens is 1. The van der Waals surface area contributed by atoms with Crippen LogP contribution < -0.4 is 5.32 Å². The average Bonchev–Trinajstić information content (AvgIpc) is 2.53. The quantitative estimate of drug-likeness (QED) is 0.938. The van der Waals surface area contributed by atoms with Gasteiger partial charge in [0.2, 0.25) is 0 Å². The summed E-state index contributed by atoms with van der Waals surface area (Å²) in [4.78, 5) is 18.3. The molecule has 0 spiro atoms. The largest absolute Gasteiger partial charge is 0.373 e. The molecule has 0 radical (unpaired) electrons. The van der Waals surface area contributed by atoms with Crippen molar-refractivity contribution < 1.29 is 4.79 Å². The van der Waals surface area contributed by atoms with Crippen LogP contribution >= 0.6 is 11.6 Å². The number of amides is 1. The Hall–Kier alpha value is -2.07. The summed E-state index contributed by atoms with van der Waals surface area (Å²) in [5.41, 5.74) is 1.56. The Balaban J connectivity index is 2.17. The minimum Gasteiger partial charge on any atom is -0.373 e. The average molecular weight is 304 g/mol. The Morgan fingerprint density at radius 2 is 2.10 bits per heavy atom. The molecule has 1 unspecified atom stereocenters. The van der Waals surface area contributed by atoms with E-state index >= 15 is 0 Å². The van der Waals surface area contributed by atoms with Crippen molar-refractivity contribution in [3.8, 4) is 0 Å². The van der Waals surface area contributed by atoms with Crippen molar-refractivity contribution in [2.45, 2.75) is 13.0 Å². The van der Waals surface area contributed by atoms with Crippen LogP contribution in [0.3, 0.4) is 0 Å². The molecule has 2 rings (SSSR count). The molecule has 0 aliphatic heterocycles. The lowest BCUT2D eigenvalue weighted by Gasteiger charge is -2.25. The molecule has 0 aliphatic rings. The second-order valence-electron chi connectivity index (χ2n) is 4.83. The number of hydrogen-bond acceptors (Lipinski definition) is 3. The molecular formula is C16H18ClN3O. The van der Waals surface area contributed by atoms with Gasteiger partial charge in [-0.3, -0.25) is 4.79 Å². The molecule has 0 fully saturated rings. The predicted molar refractivity (Wildman–Crippen MR) is 85.7 cm³/mol. The van der Waals surface area contributed by atoms with Crippen LogP contribution in [-0.2, 0) is 0 Å². The van der Waals surface area contributed by atoms with Crippen LogP contribution in [-0.4, -0.2) is 29.9 Å². The summed E-state index contributed by atoms with van der Waals surface area (Å²) in [5.74, 6) is 0.662. The van der Waals surface area contributed by atoms with Crippen molar-refractivity contribution >= 4 is 23.3 Å². The van der Waals surface area contributed by atoms with Gasteiger partial charge in [0.1, 0.15) is 5.82 Å². The Kier molecular flexibility index (Phi) is 4.81. The molecule has 1 N–H and O–H groups in total. The lowest BCUT2D eigenvalue weighted by atomic mass is 10.1. The van der Waals surface area contributed by atoms with E-state index in [1.54, 1.807) is 37.3 Å². The van der Waals surface area contributed by atoms with Crippen molar-refractivity contribution in [1.82, 2.24) is 9.88 Å². The SMILES string of the molecule is CNc1ccc(C(=O)N(C)C(C)c2cccc(Cl)c2)cn1. The summed E-state index contributed by atoms with van der Waals surface area (Å²) in [6.45, 7) is 1.97. The molecule has 0 bridgehead atoms. The van der Waals surface area contributed by atoms with Crippen molar-refractivity contribution in [2.24, 2.45) is 0 Å². The van der Waals surface area contributed by atoms with E-state index in [0.717, 1.165) is 11.4 Å². The van der Waals surface area contributed by atoms with E-state index in [4.69, 9.17) is 11.6 Å². The zero-order valence-corrected chi connectivity index (χ0v) is 13.1. The van der Waals surface area contributed by atoms with Gasteiger partial charge in [-0.25, -0.2) is 4.98 Å². The fourth-order valence-corrected chi connectivity index (χ4v) is 2.24. The van der Waals surface area contributed by atoms with Crippen molar-refractivity contribution in [3.05, 3.63) is 58.7 Å². The minimum absolute atomic E-state index is 0.0693. The summed E-state index contributed by atoms with van der Waals surface area (Å²) in [6, 6.07) is 11.0. The number of hydrogen-bond donors (Lipinski definition) is 1. The Bertz CT molecular complexity index is 628. The normalized spacial score (nSPS) is 11.8. The van der Waals surface area contributed by atoms with Crippen molar-refractivity contribution in [2.75, 3.05) is 19.4 Å². The summed E-state index contributed by atoms with van der Waals surface area (Å²) in [6.07, 6.45) is 1.58. The van der Waals surface area contributed by atoms with Gasteiger partial charge in [0.15, 0.2) is 0 Å². The molecule has 1 aromatic heterocycles. The molecule has 21 heavy (non-hydrogen) atoms. The van der Waals surface area contributed by atoms with E-state index in [9.17, 15) is 4.79 Å². The standard InChI is InChI=1S/C16H18ClN3O/c1-11(12-5-4-6-14(17)9-12)20(3)16(21)13-7-8-15(18-2)19-10-13/h4-11H,1-3H3,(H,18,19). The van der Waals surface area contributed by atoms with Crippen LogP contribution in [0.25, 0.3) is 0 Å². The van der Waals surface area contributed by atoms with Crippen LogP contribution in [0.15, 0.2) is 42.6 Å². The number of pyridine rings is 1. The Morgan fingerprint density at radius 3 is 2.67 bits per heavy atom. The molecule has 0 saturated carbocycles. The summed E-state index contributed by atoms with van der Waals surface area (Å²) in [7, 11) is 3.57. The predicted octanol–water partition coefficient (Wildman–Crippen LogP) is 3.61. The molecule has 2 aromatic rings. The number of anilines is 1. The Labute approximate surface area is 129 Å². The number of rotatable bonds is 4. The first-order valence-electron chi connectivity index (χ1n) is 6.69. The number of aromatic nitrogens is 1. The molecular weight excluding hydrogens is 286 g/mol. The second-order valence-corrected chi connectivity index (χ2v) is 5.27. The maximum Gasteiger partial charge on any atom is 0.255 e. The van der Waals surface area contributed by atoms with E-state index in [-0.39, 0.29) is 11.9 Å². The number of carbonyl (C=O) groups is 1. The lowest BCUT2D eigenvalue weighted by Crippen LogP contribution is -2.29. The smallest absolute Gasteiger partial charge is 0.255 e. The highest BCUT2D eigenvalue weighted by Crippen LogP contribution is 2.23. The Morgan fingerprint density at radius 1 is 1.33 bits per heavy atom. The van der Waals surface area contributed by atoms with Gasteiger partial charge in [-0.2, -0.15) is 0 Å². The van der Waals surface area contributed by atoms with Crippen LogP contribution in [0.1, 0.15) is 28.9 Å². The van der Waals surface area contributed by atoms with Gasteiger partial charge in [-0.1, -0.05) is 23.7 Å². The van der Waals surface area contributed by atoms with Crippen LogP contribution in [0, 0.1) is 0 Å². The summed E-state index contributed by atoms with van der Waals surface area (Å²) < 4.78 is 0. The minimum atomic E-state index is -0.0716. The van der Waals surface area contributed by atoms with Gasteiger partial charge in [0.25, 0.3) is 5.91 Å². The molecule has 1 atom stereocenters.